The van der Waals surface area contributed by atoms with Crippen LogP contribution >= 0.6 is 0 Å². The Morgan fingerprint density at radius 1 is 1.09 bits per heavy atom. The first-order valence-corrected chi connectivity index (χ1v) is 11.2. The molecule has 4 aromatic rings. The standard InChI is InChI=1S/C26H22N4O5/c1-33-18-9-7-17(8-10-18)27-24(31)13-21-25(32)29(14-16-6-11-22-23(12-16)35-15-34-22)26-28-19-4-2-3-5-20(19)30(21)26/h2-12,21H,13-15H2,1H3,(H,27,31). The van der Waals surface area contributed by atoms with E-state index in [1.807, 2.05) is 47.0 Å². The molecule has 2 amide bonds. The van der Waals surface area contributed by atoms with Gasteiger partial charge in [0.1, 0.15) is 11.8 Å². The van der Waals surface area contributed by atoms with Gasteiger partial charge in [-0.05, 0) is 54.1 Å². The largest absolute Gasteiger partial charge is 0.497 e. The molecule has 0 aliphatic carbocycles. The molecule has 176 valence electrons. The van der Waals surface area contributed by atoms with E-state index in [9.17, 15) is 9.59 Å². The molecule has 0 saturated carbocycles. The number of para-hydroxylation sites is 2. The molecule has 6 rings (SSSR count). The number of anilines is 2. The van der Waals surface area contributed by atoms with E-state index in [0.717, 1.165) is 16.6 Å². The molecule has 0 spiro atoms. The molecule has 9 heteroatoms. The SMILES string of the molecule is COc1ccc(NC(=O)CC2C(=O)N(Cc3ccc4c(c3)OCO4)c3nc4ccccc4n32)cc1. The summed E-state index contributed by atoms with van der Waals surface area (Å²) in [5.74, 6) is 2.11. The van der Waals surface area contributed by atoms with Crippen LogP contribution in [-0.4, -0.2) is 35.3 Å². The Hall–Kier alpha value is -4.53. The van der Waals surface area contributed by atoms with Crippen molar-refractivity contribution in [3.05, 3.63) is 72.3 Å². The van der Waals surface area contributed by atoms with Gasteiger partial charge in [-0.1, -0.05) is 18.2 Å². The molecule has 1 N–H and O–H groups in total. The maximum atomic E-state index is 13.6. The van der Waals surface area contributed by atoms with Gasteiger partial charge in [0.2, 0.25) is 18.6 Å². The minimum absolute atomic E-state index is 0.0180. The molecular weight excluding hydrogens is 448 g/mol. The number of amides is 2. The molecule has 0 radical (unpaired) electrons. The summed E-state index contributed by atoms with van der Waals surface area (Å²) in [7, 11) is 1.58. The first-order chi connectivity index (χ1) is 17.1. The Morgan fingerprint density at radius 2 is 1.89 bits per heavy atom. The van der Waals surface area contributed by atoms with Crippen LogP contribution in [0.4, 0.5) is 11.6 Å². The maximum absolute atomic E-state index is 13.6. The van der Waals surface area contributed by atoms with Crippen molar-refractivity contribution in [1.29, 1.82) is 0 Å². The molecular formula is C26H22N4O5. The lowest BCUT2D eigenvalue weighted by Gasteiger charge is -2.16. The summed E-state index contributed by atoms with van der Waals surface area (Å²) < 4.78 is 17.9. The second kappa shape index (κ2) is 8.35. The van der Waals surface area contributed by atoms with Gasteiger partial charge in [0.05, 0.1) is 31.1 Å². The van der Waals surface area contributed by atoms with Crippen molar-refractivity contribution in [2.45, 2.75) is 19.0 Å². The molecule has 3 heterocycles. The van der Waals surface area contributed by atoms with Crippen LogP contribution in [-0.2, 0) is 16.1 Å². The summed E-state index contributed by atoms with van der Waals surface area (Å²) in [6.45, 7) is 0.484. The minimum atomic E-state index is -0.704. The highest BCUT2D eigenvalue weighted by Gasteiger charge is 2.41. The van der Waals surface area contributed by atoms with Gasteiger partial charge in [-0.25, -0.2) is 4.98 Å². The summed E-state index contributed by atoms with van der Waals surface area (Å²) in [6.07, 6.45) is -0.0180. The maximum Gasteiger partial charge on any atom is 0.253 e. The zero-order valence-corrected chi connectivity index (χ0v) is 18.9. The summed E-state index contributed by atoms with van der Waals surface area (Å²) in [6, 6.07) is 19.6. The van der Waals surface area contributed by atoms with Crippen molar-refractivity contribution in [2.24, 2.45) is 0 Å². The Labute approximate surface area is 200 Å². The topological polar surface area (TPSA) is 94.9 Å². The van der Waals surface area contributed by atoms with Gasteiger partial charge in [-0.15, -0.1) is 0 Å². The van der Waals surface area contributed by atoms with E-state index in [1.54, 1.807) is 36.3 Å². The molecule has 9 nitrogen and oxygen atoms in total. The Bertz CT molecular complexity index is 1450. The van der Waals surface area contributed by atoms with Crippen LogP contribution in [0, 0.1) is 0 Å². The number of ether oxygens (including phenoxy) is 3. The van der Waals surface area contributed by atoms with Gasteiger partial charge in [0.15, 0.2) is 11.5 Å². The number of hydrogen-bond acceptors (Lipinski definition) is 6. The van der Waals surface area contributed by atoms with Gasteiger partial charge in [0.25, 0.3) is 5.91 Å². The molecule has 2 aliphatic rings. The molecule has 3 aromatic carbocycles. The predicted molar refractivity (Wildman–Crippen MR) is 129 cm³/mol. The first kappa shape index (κ1) is 21.0. The van der Waals surface area contributed by atoms with Crippen LogP contribution < -0.4 is 24.4 Å². The second-order valence-corrected chi connectivity index (χ2v) is 8.38. The number of carbonyl (C=O) groups is 2. The molecule has 0 bridgehead atoms. The number of benzene rings is 3. The van der Waals surface area contributed by atoms with E-state index in [0.29, 0.717) is 35.4 Å². The smallest absolute Gasteiger partial charge is 0.253 e. The summed E-state index contributed by atoms with van der Waals surface area (Å²) in [5, 5.41) is 2.88. The monoisotopic (exact) mass is 470 g/mol. The van der Waals surface area contributed by atoms with Crippen LogP contribution in [0.25, 0.3) is 11.0 Å². The van der Waals surface area contributed by atoms with E-state index in [1.165, 1.54) is 0 Å². The van der Waals surface area contributed by atoms with Crippen LogP contribution in [0.1, 0.15) is 18.0 Å². The quantitative estimate of drug-likeness (QED) is 0.460. The molecule has 0 saturated heterocycles. The number of nitrogens with zero attached hydrogens (tertiary/aromatic N) is 3. The fourth-order valence-electron chi connectivity index (χ4n) is 4.53. The van der Waals surface area contributed by atoms with Crippen LogP contribution in [0.15, 0.2) is 66.7 Å². The van der Waals surface area contributed by atoms with Gasteiger partial charge < -0.3 is 19.5 Å². The van der Waals surface area contributed by atoms with Crippen LogP contribution in [0.3, 0.4) is 0 Å². The zero-order chi connectivity index (χ0) is 23.9. The van der Waals surface area contributed by atoms with E-state index >= 15 is 0 Å². The van der Waals surface area contributed by atoms with Gasteiger partial charge in [-0.2, -0.15) is 0 Å². The van der Waals surface area contributed by atoms with Crippen molar-refractivity contribution in [2.75, 3.05) is 24.1 Å². The average molecular weight is 470 g/mol. The minimum Gasteiger partial charge on any atom is -0.497 e. The van der Waals surface area contributed by atoms with E-state index in [2.05, 4.69) is 5.32 Å². The summed E-state index contributed by atoms with van der Waals surface area (Å²) >= 11 is 0. The third-order valence-electron chi connectivity index (χ3n) is 6.21. The van der Waals surface area contributed by atoms with Crippen molar-refractivity contribution in [1.82, 2.24) is 9.55 Å². The van der Waals surface area contributed by atoms with Gasteiger partial charge in [-0.3, -0.25) is 19.1 Å². The Balaban J connectivity index is 1.29. The van der Waals surface area contributed by atoms with Crippen molar-refractivity contribution >= 4 is 34.5 Å². The molecule has 2 aliphatic heterocycles. The summed E-state index contributed by atoms with van der Waals surface area (Å²) in [5.41, 5.74) is 3.09. The number of fused-ring (bicyclic) bond motifs is 4. The first-order valence-electron chi connectivity index (χ1n) is 11.2. The molecule has 35 heavy (non-hydrogen) atoms. The number of aromatic nitrogens is 2. The molecule has 1 atom stereocenters. The van der Waals surface area contributed by atoms with Gasteiger partial charge in [0, 0.05) is 5.69 Å². The number of hydrogen-bond donors (Lipinski definition) is 1. The van der Waals surface area contributed by atoms with Crippen LogP contribution in [0.5, 0.6) is 17.2 Å². The highest BCUT2D eigenvalue weighted by molar-refractivity contribution is 6.05. The highest BCUT2D eigenvalue weighted by Crippen LogP contribution is 2.39. The average Bonchev–Trinajstić information content (AvgIpc) is 3.55. The van der Waals surface area contributed by atoms with Gasteiger partial charge >= 0.3 is 0 Å². The number of nitrogens with one attached hydrogen (secondary N) is 1. The lowest BCUT2D eigenvalue weighted by Crippen LogP contribution is -2.31. The predicted octanol–water partition coefficient (Wildman–Crippen LogP) is 3.89. The highest BCUT2D eigenvalue weighted by atomic mass is 16.7. The Morgan fingerprint density at radius 3 is 2.71 bits per heavy atom. The third kappa shape index (κ3) is 3.71. The fourth-order valence-corrected chi connectivity index (χ4v) is 4.53. The lowest BCUT2D eigenvalue weighted by molar-refractivity contribution is -0.124. The van der Waals surface area contributed by atoms with E-state index < -0.39 is 6.04 Å². The number of carbonyl (C=O) groups excluding carboxylic acids is 2. The third-order valence-corrected chi connectivity index (χ3v) is 6.21. The van der Waals surface area contributed by atoms with Crippen molar-refractivity contribution in [3.63, 3.8) is 0 Å². The van der Waals surface area contributed by atoms with E-state index in [4.69, 9.17) is 19.2 Å². The zero-order valence-electron chi connectivity index (χ0n) is 18.9. The normalized spacial score (nSPS) is 16.0. The summed E-state index contributed by atoms with van der Waals surface area (Å²) in [4.78, 5) is 32.9. The van der Waals surface area contributed by atoms with Crippen LogP contribution in [0.2, 0.25) is 0 Å². The number of imidazole rings is 1. The molecule has 1 aromatic heterocycles. The molecule has 1 unspecified atom stereocenters. The lowest BCUT2D eigenvalue weighted by atomic mass is 10.1. The van der Waals surface area contributed by atoms with Crippen molar-refractivity contribution in [3.8, 4) is 17.2 Å². The van der Waals surface area contributed by atoms with E-state index in [-0.39, 0.29) is 25.0 Å². The Kier molecular flexibility index (Phi) is 5.02. The second-order valence-electron chi connectivity index (χ2n) is 8.38. The van der Waals surface area contributed by atoms with Crippen molar-refractivity contribution < 1.29 is 23.8 Å². The fraction of sp³-hybridized carbons (Fsp3) is 0.192. The number of rotatable bonds is 6. The number of methoxy groups -OCH3 is 1. The molecule has 0 fully saturated rings.